The van der Waals surface area contributed by atoms with E-state index in [0.29, 0.717) is 23.6 Å². The van der Waals surface area contributed by atoms with Gasteiger partial charge in [0.15, 0.2) is 0 Å². The van der Waals surface area contributed by atoms with Crippen molar-refractivity contribution in [2.75, 3.05) is 20.8 Å². The van der Waals surface area contributed by atoms with Crippen molar-refractivity contribution in [3.05, 3.63) is 59.2 Å². The zero-order chi connectivity index (χ0) is 18.0. The Bertz CT molecular complexity index is 817. The third-order valence-electron chi connectivity index (χ3n) is 4.42. The third-order valence-corrected chi connectivity index (χ3v) is 4.42. The maximum Gasteiger partial charge on any atom is 0.312 e. The molecule has 0 saturated carbocycles. The minimum Gasteiger partial charge on any atom is -0.497 e. The number of hydrogen-bond donors (Lipinski definition) is 1. The molecule has 1 N–H and O–H groups in total. The maximum atomic E-state index is 13.0. The molecular weight excluding hydrogens is 322 g/mol. The highest BCUT2D eigenvalue weighted by molar-refractivity contribution is 5.97. The Balaban J connectivity index is 1.95. The molecule has 0 fully saturated rings. The van der Waals surface area contributed by atoms with Crippen molar-refractivity contribution in [2.24, 2.45) is 0 Å². The SMILES string of the molecule is COc1ccc(C(=O)N2Cc3ccccc3C(C(=O)O)C2)c(OC)c1. The summed E-state index contributed by atoms with van der Waals surface area (Å²) in [6.45, 7) is 0.494. The lowest BCUT2D eigenvalue weighted by Gasteiger charge is -2.33. The number of methoxy groups -OCH3 is 2. The van der Waals surface area contributed by atoms with E-state index in [4.69, 9.17) is 9.47 Å². The van der Waals surface area contributed by atoms with E-state index in [1.165, 1.54) is 14.2 Å². The van der Waals surface area contributed by atoms with Gasteiger partial charge in [-0.2, -0.15) is 0 Å². The third kappa shape index (κ3) is 3.15. The summed E-state index contributed by atoms with van der Waals surface area (Å²) >= 11 is 0. The van der Waals surface area contributed by atoms with Gasteiger partial charge in [0.25, 0.3) is 5.91 Å². The van der Waals surface area contributed by atoms with Gasteiger partial charge >= 0.3 is 5.97 Å². The minimum atomic E-state index is -0.938. The molecule has 2 aromatic carbocycles. The van der Waals surface area contributed by atoms with E-state index in [1.54, 1.807) is 23.1 Å². The Morgan fingerprint density at radius 2 is 1.88 bits per heavy atom. The number of ether oxygens (including phenoxy) is 2. The number of amides is 1. The zero-order valence-electron chi connectivity index (χ0n) is 14.1. The summed E-state index contributed by atoms with van der Waals surface area (Å²) in [7, 11) is 3.02. The fourth-order valence-electron chi connectivity index (χ4n) is 3.12. The second-order valence-electron chi connectivity index (χ2n) is 5.84. The number of carboxylic acids is 1. The van der Waals surface area contributed by atoms with Crippen LogP contribution in [-0.2, 0) is 11.3 Å². The van der Waals surface area contributed by atoms with E-state index < -0.39 is 11.9 Å². The summed E-state index contributed by atoms with van der Waals surface area (Å²) in [5.41, 5.74) is 1.99. The van der Waals surface area contributed by atoms with Crippen molar-refractivity contribution in [1.82, 2.24) is 4.90 Å². The summed E-state index contributed by atoms with van der Waals surface area (Å²) in [5.74, 6) is -0.957. The molecule has 0 spiro atoms. The topological polar surface area (TPSA) is 76.1 Å². The van der Waals surface area contributed by atoms with Gasteiger partial charge in [0, 0.05) is 19.2 Å². The lowest BCUT2D eigenvalue weighted by atomic mass is 9.89. The van der Waals surface area contributed by atoms with Crippen LogP contribution in [0.5, 0.6) is 11.5 Å². The van der Waals surface area contributed by atoms with Gasteiger partial charge in [0.05, 0.1) is 25.7 Å². The second-order valence-corrected chi connectivity index (χ2v) is 5.84. The van der Waals surface area contributed by atoms with Crippen LogP contribution in [-0.4, -0.2) is 42.6 Å². The predicted molar refractivity (Wildman–Crippen MR) is 91.1 cm³/mol. The predicted octanol–water partition coefficient (Wildman–Crippen LogP) is 2.53. The van der Waals surface area contributed by atoms with Crippen molar-refractivity contribution < 1.29 is 24.2 Å². The fraction of sp³-hybridized carbons (Fsp3) is 0.263. The van der Waals surface area contributed by atoms with Crippen LogP contribution in [0, 0.1) is 0 Å². The van der Waals surface area contributed by atoms with Gasteiger partial charge < -0.3 is 19.5 Å². The van der Waals surface area contributed by atoms with E-state index in [0.717, 1.165) is 11.1 Å². The molecule has 2 aromatic rings. The van der Waals surface area contributed by atoms with Crippen LogP contribution in [0.25, 0.3) is 0 Å². The van der Waals surface area contributed by atoms with Gasteiger partial charge in [-0.05, 0) is 23.3 Å². The van der Waals surface area contributed by atoms with Crippen LogP contribution in [0.2, 0.25) is 0 Å². The first-order valence-corrected chi connectivity index (χ1v) is 7.87. The zero-order valence-corrected chi connectivity index (χ0v) is 14.1. The molecule has 1 amide bonds. The molecule has 1 aliphatic heterocycles. The van der Waals surface area contributed by atoms with Gasteiger partial charge in [-0.15, -0.1) is 0 Å². The van der Waals surface area contributed by atoms with E-state index in [1.807, 2.05) is 24.3 Å². The highest BCUT2D eigenvalue weighted by Crippen LogP contribution is 2.32. The van der Waals surface area contributed by atoms with Crippen molar-refractivity contribution in [3.63, 3.8) is 0 Å². The first-order valence-electron chi connectivity index (χ1n) is 7.87. The molecule has 0 bridgehead atoms. The van der Waals surface area contributed by atoms with Gasteiger partial charge in [-0.1, -0.05) is 24.3 Å². The normalized spacial score (nSPS) is 16.1. The number of benzene rings is 2. The van der Waals surface area contributed by atoms with E-state index >= 15 is 0 Å². The summed E-state index contributed by atoms with van der Waals surface area (Å²) in [6, 6.07) is 12.3. The number of aliphatic carboxylic acids is 1. The molecule has 6 nitrogen and oxygen atoms in total. The van der Waals surface area contributed by atoms with Crippen molar-refractivity contribution >= 4 is 11.9 Å². The molecule has 6 heteroatoms. The van der Waals surface area contributed by atoms with Crippen molar-refractivity contribution in [2.45, 2.75) is 12.5 Å². The first kappa shape index (κ1) is 16.8. The van der Waals surface area contributed by atoms with Crippen LogP contribution in [0.15, 0.2) is 42.5 Å². The summed E-state index contributed by atoms with van der Waals surface area (Å²) in [4.78, 5) is 26.2. The molecule has 0 saturated heterocycles. The van der Waals surface area contributed by atoms with E-state index in [9.17, 15) is 14.7 Å². The molecule has 3 rings (SSSR count). The molecule has 0 aromatic heterocycles. The van der Waals surface area contributed by atoms with Crippen LogP contribution in [0.4, 0.5) is 0 Å². The largest absolute Gasteiger partial charge is 0.497 e. The Kier molecular flexibility index (Phi) is 4.61. The molecule has 1 heterocycles. The quantitative estimate of drug-likeness (QED) is 0.925. The van der Waals surface area contributed by atoms with E-state index in [-0.39, 0.29) is 12.5 Å². The Labute approximate surface area is 145 Å². The number of hydrogen-bond acceptors (Lipinski definition) is 4. The lowest BCUT2D eigenvalue weighted by Crippen LogP contribution is -2.40. The van der Waals surface area contributed by atoms with Gasteiger partial charge in [-0.3, -0.25) is 9.59 Å². The van der Waals surface area contributed by atoms with Gasteiger partial charge in [-0.25, -0.2) is 0 Å². The monoisotopic (exact) mass is 341 g/mol. The Morgan fingerprint density at radius 3 is 2.56 bits per heavy atom. The lowest BCUT2D eigenvalue weighted by molar-refractivity contribution is -0.139. The standard InChI is InChI=1S/C19H19NO5/c1-24-13-7-8-15(17(9-13)25-2)18(21)20-10-12-5-3-4-6-14(12)16(11-20)19(22)23/h3-9,16H,10-11H2,1-2H3,(H,22,23). The molecule has 25 heavy (non-hydrogen) atoms. The minimum absolute atomic E-state index is 0.125. The number of rotatable bonds is 4. The average Bonchev–Trinajstić information content (AvgIpc) is 2.65. The summed E-state index contributed by atoms with van der Waals surface area (Å²) in [5, 5.41) is 9.55. The highest BCUT2D eigenvalue weighted by atomic mass is 16.5. The molecular formula is C19H19NO5. The van der Waals surface area contributed by atoms with Crippen LogP contribution in [0.3, 0.4) is 0 Å². The number of carbonyl (C=O) groups excluding carboxylic acids is 1. The molecule has 0 radical (unpaired) electrons. The number of carboxylic acid groups (broad SMARTS) is 1. The maximum absolute atomic E-state index is 13.0. The van der Waals surface area contributed by atoms with Gasteiger partial charge in [0.1, 0.15) is 11.5 Å². The highest BCUT2D eigenvalue weighted by Gasteiger charge is 2.33. The molecule has 1 aliphatic rings. The number of nitrogens with zero attached hydrogens (tertiary/aromatic N) is 1. The number of carbonyl (C=O) groups is 2. The van der Waals surface area contributed by atoms with Gasteiger partial charge in [0.2, 0.25) is 0 Å². The summed E-state index contributed by atoms with van der Waals surface area (Å²) < 4.78 is 10.4. The van der Waals surface area contributed by atoms with Crippen molar-refractivity contribution in [3.8, 4) is 11.5 Å². The summed E-state index contributed by atoms with van der Waals surface area (Å²) in [6.07, 6.45) is 0. The first-order chi connectivity index (χ1) is 12.0. The molecule has 1 unspecified atom stereocenters. The van der Waals surface area contributed by atoms with Crippen LogP contribution in [0.1, 0.15) is 27.4 Å². The Morgan fingerprint density at radius 1 is 1.12 bits per heavy atom. The second kappa shape index (κ2) is 6.84. The average molecular weight is 341 g/mol. The smallest absolute Gasteiger partial charge is 0.312 e. The van der Waals surface area contributed by atoms with Crippen LogP contribution < -0.4 is 9.47 Å². The van der Waals surface area contributed by atoms with E-state index in [2.05, 4.69) is 0 Å². The molecule has 1 atom stereocenters. The molecule has 130 valence electrons. The fourth-order valence-corrected chi connectivity index (χ4v) is 3.12. The number of fused-ring (bicyclic) bond motifs is 1. The Hall–Kier alpha value is -3.02. The van der Waals surface area contributed by atoms with Crippen molar-refractivity contribution in [1.29, 1.82) is 0 Å². The van der Waals surface area contributed by atoms with Crippen LogP contribution >= 0.6 is 0 Å². The molecule has 0 aliphatic carbocycles.